The third-order valence-corrected chi connectivity index (χ3v) is 3.93. The van der Waals surface area contributed by atoms with Crippen LogP contribution in [0.1, 0.15) is 26.7 Å². The van der Waals surface area contributed by atoms with Gasteiger partial charge in [-0.05, 0) is 26.5 Å². The molecule has 2 unspecified atom stereocenters. The van der Waals surface area contributed by atoms with Crippen LogP contribution in [0.4, 0.5) is 0 Å². The fourth-order valence-electron chi connectivity index (χ4n) is 1.72. The second-order valence-corrected chi connectivity index (χ2v) is 6.09. The summed E-state index contributed by atoms with van der Waals surface area (Å²) in [6.07, 6.45) is 2.10. The molecule has 3 amide bonds. The molecule has 2 atom stereocenters. The van der Waals surface area contributed by atoms with Crippen molar-refractivity contribution < 1.29 is 23.9 Å². The van der Waals surface area contributed by atoms with Gasteiger partial charge in [-0.1, -0.05) is 12.8 Å². The molecule has 0 aliphatic rings. The summed E-state index contributed by atoms with van der Waals surface area (Å²) in [5.41, 5.74) is 0. The Balaban J connectivity index is 4.94. The SMILES string of the molecule is CSC(NC(=O)CNC=O)C(CCC(=O)NS)C(=O)OC(C)C. The number of thioether (sulfide) groups is 1. The zero-order valence-electron chi connectivity index (χ0n) is 13.3. The molecule has 0 aromatic rings. The lowest BCUT2D eigenvalue weighted by Gasteiger charge is -2.26. The van der Waals surface area contributed by atoms with Crippen LogP contribution in [0.2, 0.25) is 0 Å². The van der Waals surface area contributed by atoms with Crippen molar-refractivity contribution in [2.75, 3.05) is 12.8 Å². The molecule has 23 heavy (non-hydrogen) atoms. The normalized spacial score (nSPS) is 12.9. The quantitative estimate of drug-likeness (QED) is 0.175. The summed E-state index contributed by atoms with van der Waals surface area (Å²) in [5.74, 6) is -1.95. The summed E-state index contributed by atoms with van der Waals surface area (Å²) in [4.78, 5) is 45.5. The smallest absolute Gasteiger partial charge is 0.312 e. The molecule has 0 bridgehead atoms. The molecule has 132 valence electrons. The monoisotopic (exact) mass is 365 g/mol. The van der Waals surface area contributed by atoms with Gasteiger partial charge in [-0.25, -0.2) is 0 Å². The van der Waals surface area contributed by atoms with Gasteiger partial charge in [0.2, 0.25) is 18.2 Å². The van der Waals surface area contributed by atoms with Crippen LogP contribution >= 0.6 is 24.6 Å². The fourth-order valence-corrected chi connectivity index (χ4v) is 2.66. The van der Waals surface area contributed by atoms with Gasteiger partial charge in [0, 0.05) is 6.42 Å². The molecule has 10 heteroatoms. The summed E-state index contributed by atoms with van der Waals surface area (Å²) >= 11 is 4.92. The van der Waals surface area contributed by atoms with Gasteiger partial charge < -0.3 is 20.1 Å². The zero-order valence-corrected chi connectivity index (χ0v) is 15.0. The van der Waals surface area contributed by atoms with Crippen molar-refractivity contribution in [3.8, 4) is 0 Å². The molecule has 0 fully saturated rings. The first-order chi connectivity index (χ1) is 10.8. The van der Waals surface area contributed by atoms with Gasteiger partial charge in [0.25, 0.3) is 0 Å². The predicted octanol–water partition coefficient (Wildman–Crippen LogP) is -0.153. The average Bonchev–Trinajstić information content (AvgIpc) is 2.50. The Kier molecular flexibility index (Phi) is 11.3. The van der Waals surface area contributed by atoms with Crippen molar-refractivity contribution in [3.05, 3.63) is 0 Å². The minimum absolute atomic E-state index is 0.0703. The number of esters is 1. The van der Waals surface area contributed by atoms with Crippen LogP contribution in [0.25, 0.3) is 0 Å². The van der Waals surface area contributed by atoms with Crippen molar-refractivity contribution in [2.24, 2.45) is 5.92 Å². The van der Waals surface area contributed by atoms with Gasteiger partial charge in [0.15, 0.2) is 0 Å². The van der Waals surface area contributed by atoms with Crippen LogP contribution in [0, 0.1) is 5.92 Å². The van der Waals surface area contributed by atoms with E-state index in [1.165, 1.54) is 11.8 Å². The molecule has 3 N–H and O–H groups in total. The summed E-state index contributed by atoms with van der Waals surface area (Å²) < 4.78 is 7.38. The van der Waals surface area contributed by atoms with Gasteiger partial charge in [-0.3, -0.25) is 19.2 Å². The predicted molar refractivity (Wildman–Crippen MR) is 90.6 cm³/mol. The van der Waals surface area contributed by atoms with Gasteiger partial charge >= 0.3 is 5.97 Å². The van der Waals surface area contributed by atoms with E-state index in [0.717, 1.165) is 0 Å². The maximum Gasteiger partial charge on any atom is 0.312 e. The lowest BCUT2D eigenvalue weighted by atomic mass is 10.0. The number of hydrogen-bond donors (Lipinski definition) is 4. The molecule has 0 aromatic heterocycles. The van der Waals surface area contributed by atoms with E-state index in [4.69, 9.17) is 4.74 Å². The van der Waals surface area contributed by atoms with Crippen molar-refractivity contribution >= 4 is 48.8 Å². The highest BCUT2D eigenvalue weighted by Crippen LogP contribution is 2.22. The summed E-state index contributed by atoms with van der Waals surface area (Å²) in [6.45, 7) is 3.25. The average molecular weight is 365 g/mol. The number of carbonyl (C=O) groups is 4. The number of hydrogen-bond acceptors (Lipinski definition) is 7. The number of ether oxygens (including phenoxy) is 1. The Labute approximate surface area is 145 Å². The molecule has 0 radical (unpaired) electrons. The highest BCUT2D eigenvalue weighted by Gasteiger charge is 2.31. The van der Waals surface area contributed by atoms with Crippen molar-refractivity contribution in [1.82, 2.24) is 15.4 Å². The van der Waals surface area contributed by atoms with Crippen molar-refractivity contribution in [1.29, 1.82) is 0 Å². The third-order valence-electron chi connectivity index (χ3n) is 2.73. The Morgan fingerprint density at radius 2 is 1.91 bits per heavy atom. The molecule has 0 aromatic carbocycles. The Morgan fingerprint density at radius 3 is 2.39 bits per heavy atom. The molecule has 0 saturated carbocycles. The van der Waals surface area contributed by atoms with Crippen LogP contribution in [0.3, 0.4) is 0 Å². The molecule has 8 nitrogen and oxygen atoms in total. The molecule has 0 aliphatic heterocycles. The highest BCUT2D eigenvalue weighted by molar-refractivity contribution is 7.99. The standard InChI is InChI=1S/C13H23N3O5S2/c1-8(2)21-13(20)9(4-5-10(18)16-22)12(23-3)15-11(19)6-14-7-17/h7-9,12,22H,4-6H2,1-3H3,(H,14,17)(H,15,19)(H,16,18). The molecule has 0 saturated heterocycles. The summed E-state index contributed by atoms with van der Waals surface area (Å²) in [5, 5.41) is 4.32. The van der Waals surface area contributed by atoms with Gasteiger partial charge in [0.05, 0.1) is 23.9 Å². The van der Waals surface area contributed by atoms with Gasteiger partial charge in [-0.2, -0.15) is 0 Å². The molecular formula is C13H23N3O5S2. The minimum Gasteiger partial charge on any atom is -0.463 e. The largest absolute Gasteiger partial charge is 0.463 e. The third kappa shape index (κ3) is 9.34. The zero-order chi connectivity index (χ0) is 17.8. The Morgan fingerprint density at radius 1 is 1.26 bits per heavy atom. The first kappa shape index (κ1) is 21.6. The molecule has 0 spiro atoms. The summed E-state index contributed by atoms with van der Waals surface area (Å²) in [7, 11) is 0. The van der Waals surface area contributed by atoms with Gasteiger partial charge in [-0.15, -0.1) is 11.8 Å². The van der Waals surface area contributed by atoms with Crippen LogP contribution in [0.15, 0.2) is 0 Å². The van der Waals surface area contributed by atoms with E-state index in [2.05, 4.69) is 28.2 Å². The maximum atomic E-state index is 12.2. The van der Waals surface area contributed by atoms with Crippen molar-refractivity contribution in [2.45, 2.75) is 38.2 Å². The second-order valence-electron chi connectivity index (χ2n) is 4.89. The minimum atomic E-state index is -0.696. The van der Waals surface area contributed by atoms with Crippen molar-refractivity contribution in [3.63, 3.8) is 0 Å². The maximum absolute atomic E-state index is 12.2. The van der Waals surface area contributed by atoms with E-state index in [-0.39, 0.29) is 31.4 Å². The number of rotatable bonds is 11. The fraction of sp³-hybridized carbons (Fsp3) is 0.692. The van der Waals surface area contributed by atoms with E-state index in [1.807, 2.05) is 0 Å². The number of carbonyl (C=O) groups excluding carboxylic acids is 4. The Hall–Kier alpha value is -1.42. The van der Waals surface area contributed by atoms with Crippen LogP contribution in [0.5, 0.6) is 0 Å². The lowest BCUT2D eigenvalue weighted by molar-refractivity contribution is -0.153. The first-order valence-corrected chi connectivity index (χ1v) is 8.71. The van der Waals surface area contributed by atoms with E-state index in [9.17, 15) is 19.2 Å². The van der Waals surface area contributed by atoms with E-state index in [1.54, 1.807) is 20.1 Å². The lowest BCUT2D eigenvalue weighted by Crippen LogP contribution is -2.45. The van der Waals surface area contributed by atoms with E-state index in [0.29, 0.717) is 6.41 Å². The number of amides is 3. The van der Waals surface area contributed by atoms with E-state index >= 15 is 0 Å². The molecule has 0 aliphatic carbocycles. The highest BCUT2D eigenvalue weighted by atomic mass is 32.2. The van der Waals surface area contributed by atoms with Crippen LogP contribution < -0.4 is 15.4 Å². The van der Waals surface area contributed by atoms with Gasteiger partial charge in [0.1, 0.15) is 0 Å². The molecular weight excluding hydrogens is 342 g/mol. The molecule has 0 rings (SSSR count). The van der Waals surface area contributed by atoms with E-state index < -0.39 is 23.2 Å². The summed E-state index contributed by atoms with van der Waals surface area (Å²) in [6, 6.07) is 0. The van der Waals surface area contributed by atoms with Crippen LogP contribution in [-0.4, -0.2) is 48.5 Å². The molecule has 0 heterocycles. The first-order valence-electron chi connectivity index (χ1n) is 6.98. The second kappa shape index (κ2) is 12.1. The number of nitrogens with one attached hydrogen (secondary N) is 3. The topological polar surface area (TPSA) is 114 Å². The van der Waals surface area contributed by atoms with Crippen LogP contribution in [-0.2, 0) is 23.9 Å². The number of thiol groups is 1. The Bertz CT molecular complexity index is 420.